The standard InChI is InChI=1S/C25H49N3O2/c1-3-5-6-7-8-9-10-11-12-13-14-15-16-17-18-19-25-27-22(20-29)23(21-30)28(25)24(26)4-2/h24,29-30H,3-21,26H2,1-2H3. The van der Waals surface area contributed by atoms with Gasteiger partial charge >= 0.3 is 0 Å². The van der Waals surface area contributed by atoms with Crippen molar-refractivity contribution in [3.05, 3.63) is 17.2 Å². The zero-order valence-electron chi connectivity index (χ0n) is 19.9. The van der Waals surface area contributed by atoms with Gasteiger partial charge in [0.25, 0.3) is 0 Å². The second-order valence-electron chi connectivity index (χ2n) is 8.78. The van der Waals surface area contributed by atoms with Crippen molar-refractivity contribution in [2.45, 2.75) is 142 Å². The molecular weight excluding hydrogens is 374 g/mol. The highest BCUT2D eigenvalue weighted by Crippen LogP contribution is 2.20. The van der Waals surface area contributed by atoms with Crippen LogP contribution in [0.4, 0.5) is 0 Å². The van der Waals surface area contributed by atoms with Crippen LogP contribution in [0.25, 0.3) is 0 Å². The van der Waals surface area contributed by atoms with E-state index in [2.05, 4.69) is 11.9 Å². The van der Waals surface area contributed by atoms with Crippen LogP contribution < -0.4 is 5.73 Å². The van der Waals surface area contributed by atoms with Crippen LogP contribution in [-0.2, 0) is 19.6 Å². The quantitative estimate of drug-likeness (QED) is 0.220. The highest BCUT2D eigenvalue weighted by Gasteiger charge is 2.19. The third kappa shape index (κ3) is 10.4. The van der Waals surface area contributed by atoms with Gasteiger partial charge in [0.05, 0.1) is 30.8 Å². The lowest BCUT2D eigenvalue weighted by Crippen LogP contribution is -2.22. The Labute approximate surface area is 185 Å². The first kappa shape index (κ1) is 27.1. The van der Waals surface area contributed by atoms with Crippen LogP contribution in [0.3, 0.4) is 0 Å². The monoisotopic (exact) mass is 423 g/mol. The molecule has 0 bridgehead atoms. The molecule has 1 atom stereocenters. The maximum atomic E-state index is 9.66. The Balaban J connectivity index is 2.10. The van der Waals surface area contributed by atoms with Gasteiger partial charge in [-0.15, -0.1) is 0 Å². The maximum Gasteiger partial charge on any atom is 0.110 e. The minimum Gasteiger partial charge on any atom is -0.390 e. The first-order chi connectivity index (χ1) is 14.7. The SMILES string of the molecule is CCCCCCCCCCCCCCCCCc1nc(CO)c(CO)n1C(N)CC. The Bertz CT molecular complexity index is 531. The number of imidazole rings is 1. The molecule has 1 aromatic heterocycles. The molecule has 0 saturated heterocycles. The molecule has 5 nitrogen and oxygen atoms in total. The predicted octanol–water partition coefficient (Wildman–Crippen LogP) is 6.15. The fourth-order valence-electron chi connectivity index (χ4n) is 4.27. The van der Waals surface area contributed by atoms with Crippen LogP contribution in [0.5, 0.6) is 0 Å². The van der Waals surface area contributed by atoms with Crippen LogP contribution in [0.1, 0.15) is 140 Å². The van der Waals surface area contributed by atoms with Crippen molar-refractivity contribution in [1.82, 2.24) is 9.55 Å². The van der Waals surface area contributed by atoms with Gasteiger partial charge in [0.2, 0.25) is 0 Å². The molecule has 0 amide bonds. The highest BCUT2D eigenvalue weighted by atomic mass is 16.3. The number of hydrogen-bond acceptors (Lipinski definition) is 4. The number of unbranched alkanes of at least 4 members (excludes halogenated alkanes) is 14. The van der Waals surface area contributed by atoms with Gasteiger partial charge in [0.15, 0.2) is 0 Å². The van der Waals surface area contributed by atoms with E-state index >= 15 is 0 Å². The van der Waals surface area contributed by atoms with E-state index in [-0.39, 0.29) is 19.4 Å². The molecule has 0 saturated carbocycles. The third-order valence-corrected chi connectivity index (χ3v) is 6.22. The van der Waals surface area contributed by atoms with Crippen molar-refractivity contribution in [3.63, 3.8) is 0 Å². The summed E-state index contributed by atoms with van der Waals surface area (Å²) in [6.07, 6.45) is 21.8. The first-order valence-electron chi connectivity index (χ1n) is 12.8. The third-order valence-electron chi connectivity index (χ3n) is 6.22. The van der Waals surface area contributed by atoms with E-state index < -0.39 is 0 Å². The van der Waals surface area contributed by atoms with Crippen molar-refractivity contribution >= 4 is 0 Å². The van der Waals surface area contributed by atoms with Crippen molar-refractivity contribution in [3.8, 4) is 0 Å². The van der Waals surface area contributed by atoms with Gasteiger partial charge < -0.3 is 20.5 Å². The number of hydrogen-bond donors (Lipinski definition) is 3. The lowest BCUT2D eigenvalue weighted by atomic mass is 10.0. The van der Waals surface area contributed by atoms with Crippen LogP contribution >= 0.6 is 0 Å². The van der Waals surface area contributed by atoms with Crippen molar-refractivity contribution in [2.75, 3.05) is 0 Å². The van der Waals surface area contributed by atoms with Gasteiger partial charge in [-0.1, -0.05) is 104 Å². The van der Waals surface area contributed by atoms with E-state index in [0.29, 0.717) is 11.4 Å². The summed E-state index contributed by atoms with van der Waals surface area (Å²) in [5, 5.41) is 19.2. The second kappa shape index (κ2) is 17.7. The van der Waals surface area contributed by atoms with Crippen molar-refractivity contribution < 1.29 is 10.2 Å². The fraction of sp³-hybridized carbons (Fsp3) is 0.880. The summed E-state index contributed by atoms with van der Waals surface area (Å²) in [7, 11) is 0. The summed E-state index contributed by atoms with van der Waals surface area (Å²) in [6.45, 7) is 4.03. The summed E-state index contributed by atoms with van der Waals surface area (Å²) in [5.74, 6) is 0.909. The van der Waals surface area contributed by atoms with Crippen LogP contribution in [0, 0.1) is 0 Å². The predicted molar refractivity (Wildman–Crippen MR) is 126 cm³/mol. The van der Waals surface area contributed by atoms with Gasteiger partial charge in [-0.25, -0.2) is 4.98 Å². The van der Waals surface area contributed by atoms with Crippen LogP contribution in [-0.4, -0.2) is 19.8 Å². The van der Waals surface area contributed by atoms with Crippen molar-refractivity contribution in [2.24, 2.45) is 5.73 Å². The smallest absolute Gasteiger partial charge is 0.110 e. The van der Waals surface area contributed by atoms with Crippen LogP contribution in [0.15, 0.2) is 0 Å². The van der Waals surface area contributed by atoms with Gasteiger partial charge in [-0.05, 0) is 12.8 Å². The zero-order valence-corrected chi connectivity index (χ0v) is 19.9. The molecule has 0 spiro atoms. The number of nitrogens with zero attached hydrogens (tertiary/aromatic N) is 2. The van der Waals surface area contributed by atoms with E-state index in [1.54, 1.807) is 0 Å². The zero-order chi connectivity index (χ0) is 22.0. The molecule has 1 heterocycles. The lowest BCUT2D eigenvalue weighted by molar-refractivity contribution is 0.246. The minimum atomic E-state index is -0.189. The topological polar surface area (TPSA) is 84.3 Å². The average Bonchev–Trinajstić information content (AvgIpc) is 3.13. The second-order valence-corrected chi connectivity index (χ2v) is 8.78. The molecule has 5 heteroatoms. The van der Waals surface area contributed by atoms with E-state index in [4.69, 9.17) is 5.73 Å². The van der Waals surface area contributed by atoms with Crippen molar-refractivity contribution in [1.29, 1.82) is 0 Å². The van der Waals surface area contributed by atoms with E-state index in [9.17, 15) is 10.2 Å². The number of rotatable bonds is 20. The van der Waals surface area contributed by atoms with Gasteiger partial charge in [0.1, 0.15) is 5.82 Å². The largest absolute Gasteiger partial charge is 0.390 e. The van der Waals surface area contributed by atoms with Gasteiger partial charge in [0, 0.05) is 6.42 Å². The van der Waals surface area contributed by atoms with E-state index in [1.165, 1.54) is 89.9 Å². The molecule has 1 aromatic rings. The Kier molecular flexibility index (Phi) is 16.0. The first-order valence-corrected chi connectivity index (χ1v) is 12.8. The molecule has 0 fully saturated rings. The summed E-state index contributed by atoms with van der Waals surface area (Å²) in [4.78, 5) is 4.54. The summed E-state index contributed by atoms with van der Waals surface area (Å²) < 4.78 is 1.94. The molecule has 176 valence electrons. The lowest BCUT2D eigenvalue weighted by Gasteiger charge is -2.17. The molecular formula is C25H49N3O2. The molecule has 4 N–H and O–H groups in total. The minimum absolute atomic E-state index is 0.130. The molecule has 0 aromatic carbocycles. The molecule has 0 aliphatic carbocycles. The molecule has 1 rings (SSSR count). The van der Waals surface area contributed by atoms with Gasteiger partial charge in [-0.3, -0.25) is 0 Å². The van der Waals surface area contributed by atoms with E-state index in [1.807, 2.05) is 11.5 Å². The van der Waals surface area contributed by atoms with Gasteiger partial charge in [-0.2, -0.15) is 0 Å². The number of aromatic nitrogens is 2. The normalized spacial score (nSPS) is 12.6. The Morgan fingerprint density at radius 3 is 1.60 bits per heavy atom. The Morgan fingerprint density at radius 2 is 1.20 bits per heavy atom. The summed E-state index contributed by atoms with van der Waals surface area (Å²) in [5.41, 5.74) is 7.46. The summed E-state index contributed by atoms with van der Waals surface area (Å²) in [6, 6.07) is 0. The fourth-order valence-corrected chi connectivity index (χ4v) is 4.27. The molecule has 0 radical (unpaired) electrons. The number of nitrogens with two attached hydrogens (primary N) is 1. The van der Waals surface area contributed by atoms with E-state index in [0.717, 1.165) is 25.1 Å². The molecule has 0 aliphatic rings. The molecule has 30 heavy (non-hydrogen) atoms. The maximum absolute atomic E-state index is 9.66. The Hall–Kier alpha value is -0.910. The molecule has 0 aliphatic heterocycles. The average molecular weight is 424 g/mol. The molecule has 1 unspecified atom stereocenters. The summed E-state index contributed by atoms with van der Waals surface area (Å²) >= 11 is 0. The number of aliphatic hydroxyl groups is 2. The van der Waals surface area contributed by atoms with Crippen LogP contribution in [0.2, 0.25) is 0 Å². The number of aryl methyl sites for hydroxylation is 1. The highest BCUT2D eigenvalue weighted by molar-refractivity contribution is 5.17. The number of aliphatic hydroxyl groups excluding tert-OH is 2. The Morgan fingerprint density at radius 1 is 0.733 bits per heavy atom.